The predicted molar refractivity (Wildman–Crippen MR) is 68.9 cm³/mol. The summed E-state index contributed by atoms with van der Waals surface area (Å²) >= 11 is 0. The summed E-state index contributed by atoms with van der Waals surface area (Å²) in [5.41, 5.74) is 6.29. The van der Waals surface area contributed by atoms with Crippen molar-refractivity contribution in [1.82, 2.24) is 9.97 Å². The highest BCUT2D eigenvalue weighted by Gasteiger charge is 2.37. The lowest BCUT2D eigenvalue weighted by atomic mass is 9.84. The van der Waals surface area contributed by atoms with E-state index in [9.17, 15) is 0 Å². The molecule has 1 aliphatic carbocycles. The second kappa shape index (κ2) is 5.63. The van der Waals surface area contributed by atoms with Crippen LogP contribution in [0.3, 0.4) is 0 Å². The lowest BCUT2D eigenvalue weighted by molar-refractivity contribution is -0.0517. The van der Waals surface area contributed by atoms with Gasteiger partial charge < -0.3 is 15.2 Å². The van der Waals surface area contributed by atoms with Crippen molar-refractivity contribution in [3.05, 3.63) is 17.6 Å². The van der Waals surface area contributed by atoms with Crippen LogP contribution in [0, 0.1) is 0 Å². The van der Waals surface area contributed by atoms with E-state index >= 15 is 0 Å². The lowest BCUT2D eigenvalue weighted by Crippen LogP contribution is -2.33. The Hall–Kier alpha value is -1.20. The zero-order valence-electron chi connectivity index (χ0n) is 11.1. The monoisotopic (exact) mass is 251 g/mol. The summed E-state index contributed by atoms with van der Waals surface area (Å²) in [6.45, 7) is 0.444. The van der Waals surface area contributed by atoms with E-state index in [2.05, 4.69) is 9.97 Å². The predicted octanol–water partition coefficient (Wildman–Crippen LogP) is 2.01. The summed E-state index contributed by atoms with van der Waals surface area (Å²) in [5.74, 6) is 1.19. The van der Waals surface area contributed by atoms with Gasteiger partial charge in [-0.15, -0.1) is 0 Å². The van der Waals surface area contributed by atoms with Gasteiger partial charge in [-0.25, -0.2) is 9.97 Å². The van der Waals surface area contributed by atoms with Crippen molar-refractivity contribution < 1.29 is 9.47 Å². The van der Waals surface area contributed by atoms with Crippen molar-refractivity contribution in [2.75, 3.05) is 20.0 Å². The minimum absolute atomic E-state index is 0.365. The normalized spacial score (nSPS) is 18.8. The largest absolute Gasteiger partial charge is 0.384 e. The molecule has 0 bridgehead atoms. The Balaban J connectivity index is 2.34. The van der Waals surface area contributed by atoms with Crippen LogP contribution in [-0.2, 0) is 21.7 Å². The molecule has 0 aromatic carbocycles. The van der Waals surface area contributed by atoms with Gasteiger partial charge in [0.05, 0.1) is 12.3 Å². The first kappa shape index (κ1) is 13.2. The molecule has 1 heterocycles. The molecule has 2 N–H and O–H groups in total. The number of rotatable bonds is 4. The van der Waals surface area contributed by atoms with Gasteiger partial charge in [0.2, 0.25) is 0 Å². The van der Waals surface area contributed by atoms with Crippen LogP contribution >= 0.6 is 0 Å². The van der Waals surface area contributed by atoms with Gasteiger partial charge in [0.15, 0.2) is 5.82 Å². The number of anilines is 1. The summed E-state index contributed by atoms with van der Waals surface area (Å²) < 4.78 is 10.8. The maximum Gasteiger partial charge on any atom is 0.162 e. The second-order valence-electron chi connectivity index (χ2n) is 4.80. The van der Waals surface area contributed by atoms with Crippen LogP contribution in [-0.4, -0.2) is 24.2 Å². The highest BCUT2D eigenvalue weighted by atomic mass is 16.5. The molecule has 18 heavy (non-hydrogen) atoms. The summed E-state index contributed by atoms with van der Waals surface area (Å²) in [7, 11) is 3.37. The number of ether oxygens (including phenoxy) is 2. The Kier molecular flexibility index (Phi) is 4.14. The van der Waals surface area contributed by atoms with Gasteiger partial charge in [0, 0.05) is 20.3 Å². The summed E-state index contributed by atoms with van der Waals surface area (Å²) in [6.07, 6.45) is 5.45. The van der Waals surface area contributed by atoms with E-state index in [4.69, 9.17) is 15.2 Å². The number of hydrogen-bond donors (Lipinski definition) is 1. The highest BCUT2D eigenvalue weighted by Crippen LogP contribution is 2.38. The van der Waals surface area contributed by atoms with E-state index in [1.807, 2.05) is 0 Å². The molecule has 0 unspecified atom stereocenters. The molecule has 1 saturated carbocycles. The van der Waals surface area contributed by atoms with E-state index < -0.39 is 0 Å². The maximum atomic E-state index is 5.85. The minimum atomic E-state index is -0.365. The summed E-state index contributed by atoms with van der Waals surface area (Å²) in [6, 6.07) is 1.75. The van der Waals surface area contributed by atoms with E-state index in [1.165, 1.54) is 6.42 Å². The molecular formula is C13H21N3O2. The van der Waals surface area contributed by atoms with Gasteiger partial charge >= 0.3 is 0 Å². The number of nitrogen functional groups attached to an aromatic ring is 1. The van der Waals surface area contributed by atoms with Crippen LogP contribution in [0.15, 0.2) is 6.07 Å². The number of aromatic nitrogens is 2. The molecular weight excluding hydrogens is 230 g/mol. The van der Waals surface area contributed by atoms with Gasteiger partial charge in [-0.3, -0.25) is 0 Å². The van der Waals surface area contributed by atoms with E-state index in [1.54, 1.807) is 20.3 Å². The van der Waals surface area contributed by atoms with Crippen LogP contribution < -0.4 is 5.73 Å². The van der Waals surface area contributed by atoms with Crippen molar-refractivity contribution in [2.24, 2.45) is 0 Å². The van der Waals surface area contributed by atoms with E-state index in [0.717, 1.165) is 31.4 Å². The molecule has 0 spiro atoms. The fourth-order valence-electron chi connectivity index (χ4n) is 2.59. The molecule has 2 rings (SSSR count). The minimum Gasteiger partial charge on any atom is -0.384 e. The van der Waals surface area contributed by atoms with E-state index in [-0.39, 0.29) is 5.60 Å². The van der Waals surface area contributed by atoms with Crippen LogP contribution in [0.1, 0.15) is 43.6 Å². The van der Waals surface area contributed by atoms with Gasteiger partial charge in [0.25, 0.3) is 0 Å². The number of methoxy groups -OCH3 is 2. The zero-order valence-corrected chi connectivity index (χ0v) is 11.1. The third-order valence-electron chi connectivity index (χ3n) is 3.55. The Morgan fingerprint density at radius 1 is 1.22 bits per heavy atom. The van der Waals surface area contributed by atoms with Gasteiger partial charge in [0.1, 0.15) is 11.4 Å². The number of nitrogens with zero attached hydrogens (tertiary/aromatic N) is 2. The summed E-state index contributed by atoms with van der Waals surface area (Å²) in [4.78, 5) is 8.92. The zero-order chi connectivity index (χ0) is 13.0. The van der Waals surface area contributed by atoms with Crippen LogP contribution in [0.25, 0.3) is 0 Å². The van der Waals surface area contributed by atoms with Crippen molar-refractivity contribution >= 4 is 5.82 Å². The highest BCUT2D eigenvalue weighted by molar-refractivity contribution is 5.31. The topological polar surface area (TPSA) is 70.3 Å². The molecule has 1 aliphatic rings. The lowest BCUT2D eigenvalue weighted by Gasteiger charge is -2.34. The molecule has 1 aromatic heterocycles. The standard InChI is InChI=1S/C13H21N3O2/c1-17-9-10-8-11(14)16-12(15-10)13(18-2)6-4-3-5-7-13/h8H,3-7,9H2,1-2H3,(H2,14,15,16). The Labute approximate surface area is 108 Å². The fraction of sp³-hybridized carbons (Fsp3) is 0.692. The summed E-state index contributed by atoms with van der Waals surface area (Å²) in [5, 5.41) is 0. The third kappa shape index (κ3) is 2.62. The molecule has 0 atom stereocenters. The average Bonchev–Trinajstić information content (AvgIpc) is 2.39. The van der Waals surface area contributed by atoms with Gasteiger partial charge in [-0.05, 0) is 12.8 Å². The Morgan fingerprint density at radius 3 is 2.56 bits per heavy atom. The number of hydrogen-bond acceptors (Lipinski definition) is 5. The Bertz CT molecular complexity index is 403. The van der Waals surface area contributed by atoms with Crippen LogP contribution in [0.2, 0.25) is 0 Å². The van der Waals surface area contributed by atoms with Crippen LogP contribution in [0.4, 0.5) is 5.82 Å². The molecule has 1 fully saturated rings. The van der Waals surface area contributed by atoms with Crippen molar-refractivity contribution in [1.29, 1.82) is 0 Å². The van der Waals surface area contributed by atoms with Gasteiger partial charge in [-0.1, -0.05) is 19.3 Å². The van der Waals surface area contributed by atoms with Crippen molar-refractivity contribution in [3.63, 3.8) is 0 Å². The molecule has 0 aliphatic heterocycles. The fourth-order valence-corrected chi connectivity index (χ4v) is 2.59. The molecule has 5 nitrogen and oxygen atoms in total. The quantitative estimate of drug-likeness (QED) is 0.886. The first-order valence-corrected chi connectivity index (χ1v) is 6.38. The Morgan fingerprint density at radius 2 is 1.94 bits per heavy atom. The molecule has 5 heteroatoms. The van der Waals surface area contributed by atoms with E-state index in [0.29, 0.717) is 18.2 Å². The molecule has 0 saturated heterocycles. The first-order valence-electron chi connectivity index (χ1n) is 6.38. The van der Waals surface area contributed by atoms with Crippen molar-refractivity contribution in [2.45, 2.75) is 44.3 Å². The maximum absolute atomic E-state index is 5.85. The molecule has 1 aromatic rings. The first-order chi connectivity index (χ1) is 8.70. The van der Waals surface area contributed by atoms with Gasteiger partial charge in [-0.2, -0.15) is 0 Å². The SMILES string of the molecule is COCc1cc(N)nc(C2(OC)CCCCC2)n1. The van der Waals surface area contributed by atoms with Crippen LogP contribution in [0.5, 0.6) is 0 Å². The molecule has 0 amide bonds. The second-order valence-corrected chi connectivity index (χ2v) is 4.80. The molecule has 0 radical (unpaired) electrons. The third-order valence-corrected chi connectivity index (χ3v) is 3.55. The number of nitrogens with two attached hydrogens (primary N) is 1. The van der Waals surface area contributed by atoms with Crippen molar-refractivity contribution in [3.8, 4) is 0 Å². The average molecular weight is 251 g/mol. The molecule has 100 valence electrons. The smallest absolute Gasteiger partial charge is 0.162 e.